The molecule has 184 valence electrons. The van der Waals surface area contributed by atoms with Crippen LogP contribution in [-0.4, -0.2) is 46.5 Å². The number of likely N-dealkylation sites (tertiary alicyclic amines) is 1. The van der Waals surface area contributed by atoms with Crippen molar-refractivity contribution in [1.29, 1.82) is 0 Å². The molecule has 2 aromatic heterocycles. The quantitative estimate of drug-likeness (QED) is 0.374. The summed E-state index contributed by atoms with van der Waals surface area (Å²) in [6, 6.07) is 20.0. The van der Waals surface area contributed by atoms with Gasteiger partial charge in [0.15, 0.2) is 0 Å². The molecular formula is C28H29N5O3. The topological polar surface area (TPSA) is 88.5 Å². The minimum atomic E-state index is -0.236. The van der Waals surface area contributed by atoms with Gasteiger partial charge in [0.2, 0.25) is 5.91 Å². The van der Waals surface area contributed by atoms with Crippen LogP contribution in [0.5, 0.6) is 11.5 Å². The third-order valence-corrected chi connectivity index (χ3v) is 6.45. The molecule has 0 saturated carbocycles. The Bertz CT molecular complexity index is 1360. The van der Waals surface area contributed by atoms with E-state index in [-0.39, 0.29) is 11.9 Å². The van der Waals surface area contributed by atoms with Crippen LogP contribution in [0.4, 0.5) is 16.3 Å². The number of nitrogens with one attached hydrogen (secondary N) is 2. The molecule has 0 spiro atoms. The first-order valence-electron chi connectivity index (χ1n) is 12.1. The molecule has 0 bridgehead atoms. The van der Waals surface area contributed by atoms with Crippen molar-refractivity contribution >= 4 is 34.3 Å². The van der Waals surface area contributed by atoms with E-state index >= 15 is 0 Å². The van der Waals surface area contributed by atoms with Crippen LogP contribution in [0.2, 0.25) is 0 Å². The molecule has 1 fully saturated rings. The Morgan fingerprint density at radius 3 is 2.56 bits per heavy atom. The average molecular weight is 484 g/mol. The standard InChI is InChI=1S/C28H29N5O3/c1-32-14-10-20(11-15-32)17-27(34)31-26-19-24(9-13-29-26)36-23-7-8-25-21(18-23)12-16-33(25)28(35)30-22-5-3-2-4-6-22/h2-9,12-13,16,18-20H,10-11,14-15,17H2,1H3,(H,30,35)(H,29,31,34). The van der Waals surface area contributed by atoms with Crippen molar-refractivity contribution in [1.82, 2.24) is 14.5 Å². The molecule has 2 N–H and O–H groups in total. The van der Waals surface area contributed by atoms with Crippen LogP contribution in [0.1, 0.15) is 19.3 Å². The predicted octanol–water partition coefficient (Wildman–Crippen LogP) is 5.58. The number of aromatic nitrogens is 2. The van der Waals surface area contributed by atoms with Crippen LogP contribution in [0, 0.1) is 5.92 Å². The fourth-order valence-electron chi connectivity index (χ4n) is 4.47. The third kappa shape index (κ3) is 5.72. The molecule has 0 radical (unpaired) electrons. The highest BCUT2D eigenvalue weighted by molar-refractivity contribution is 5.98. The van der Waals surface area contributed by atoms with Gasteiger partial charge in [0.1, 0.15) is 17.3 Å². The van der Waals surface area contributed by atoms with Crippen molar-refractivity contribution in [2.75, 3.05) is 30.8 Å². The Kier molecular flexibility index (Phi) is 6.95. The first-order chi connectivity index (χ1) is 17.5. The van der Waals surface area contributed by atoms with Crippen molar-refractivity contribution in [3.05, 3.63) is 79.1 Å². The number of hydrogen-bond acceptors (Lipinski definition) is 5. The van der Waals surface area contributed by atoms with Crippen LogP contribution in [0.3, 0.4) is 0 Å². The summed E-state index contributed by atoms with van der Waals surface area (Å²) >= 11 is 0. The summed E-state index contributed by atoms with van der Waals surface area (Å²) in [4.78, 5) is 31.8. The first kappa shape index (κ1) is 23.6. The van der Waals surface area contributed by atoms with Crippen LogP contribution in [0.15, 0.2) is 79.1 Å². The fourth-order valence-corrected chi connectivity index (χ4v) is 4.47. The summed E-state index contributed by atoms with van der Waals surface area (Å²) in [5, 5.41) is 6.66. The average Bonchev–Trinajstić information content (AvgIpc) is 3.30. The second kappa shape index (κ2) is 10.6. The lowest BCUT2D eigenvalue weighted by atomic mass is 9.93. The van der Waals surface area contributed by atoms with Crippen LogP contribution in [0.25, 0.3) is 10.9 Å². The van der Waals surface area contributed by atoms with E-state index in [0.29, 0.717) is 29.7 Å². The molecule has 0 atom stereocenters. The number of rotatable bonds is 6. The second-order valence-electron chi connectivity index (χ2n) is 9.18. The van der Waals surface area contributed by atoms with Crippen molar-refractivity contribution in [3.63, 3.8) is 0 Å². The van der Waals surface area contributed by atoms with Gasteiger partial charge in [-0.25, -0.2) is 9.78 Å². The summed E-state index contributed by atoms with van der Waals surface area (Å²) < 4.78 is 7.60. The number of fused-ring (bicyclic) bond motifs is 1. The maximum Gasteiger partial charge on any atom is 0.330 e. The fraction of sp³-hybridized carbons (Fsp3) is 0.250. The van der Waals surface area contributed by atoms with E-state index in [4.69, 9.17) is 4.74 Å². The molecule has 2 amide bonds. The number of ether oxygens (including phenoxy) is 1. The molecule has 1 aliphatic rings. The minimum absolute atomic E-state index is 0.0225. The van der Waals surface area contributed by atoms with Crippen molar-refractivity contribution < 1.29 is 14.3 Å². The van der Waals surface area contributed by atoms with Gasteiger partial charge in [-0.05, 0) is 81.4 Å². The number of nitrogens with zero attached hydrogens (tertiary/aromatic N) is 3. The summed E-state index contributed by atoms with van der Waals surface area (Å²) in [7, 11) is 2.11. The van der Waals surface area contributed by atoms with E-state index in [9.17, 15) is 9.59 Å². The third-order valence-electron chi connectivity index (χ3n) is 6.45. The van der Waals surface area contributed by atoms with Crippen molar-refractivity contribution in [3.8, 4) is 11.5 Å². The Balaban J connectivity index is 1.22. The van der Waals surface area contributed by atoms with E-state index in [1.807, 2.05) is 54.6 Å². The molecule has 8 nitrogen and oxygen atoms in total. The number of piperidine rings is 1. The highest BCUT2D eigenvalue weighted by Crippen LogP contribution is 2.28. The van der Waals surface area contributed by atoms with Gasteiger partial charge < -0.3 is 20.3 Å². The predicted molar refractivity (Wildman–Crippen MR) is 141 cm³/mol. The number of amides is 2. The lowest BCUT2D eigenvalue weighted by Gasteiger charge is -2.28. The molecule has 1 saturated heterocycles. The maximum atomic E-state index is 12.7. The lowest BCUT2D eigenvalue weighted by Crippen LogP contribution is -2.32. The zero-order valence-corrected chi connectivity index (χ0v) is 20.2. The number of para-hydroxylation sites is 1. The van der Waals surface area contributed by atoms with Gasteiger partial charge in [0.05, 0.1) is 5.52 Å². The molecule has 0 unspecified atom stereocenters. The number of carbonyl (C=O) groups excluding carboxylic acids is 2. The maximum absolute atomic E-state index is 12.7. The number of pyridine rings is 1. The molecule has 3 heterocycles. The van der Waals surface area contributed by atoms with E-state index in [2.05, 4.69) is 27.6 Å². The zero-order valence-electron chi connectivity index (χ0n) is 20.2. The Morgan fingerprint density at radius 2 is 1.75 bits per heavy atom. The van der Waals surface area contributed by atoms with E-state index < -0.39 is 0 Å². The molecule has 36 heavy (non-hydrogen) atoms. The van der Waals surface area contributed by atoms with Crippen LogP contribution >= 0.6 is 0 Å². The van der Waals surface area contributed by atoms with Gasteiger partial charge in [0, 0.05) is 36.0 Å². The molecule has 2 aromatic carbocycles. The zero-order chi connectivity index (χ0) is 24.9. The van der Waals surface area contributed by atoms with E-state index in [1.54, 1.807) is 29.1 Å². The number of hydrogen-bond donors (Lipinski definition) is 2. The van der Waals surface area contributed by atoms with E-state index in [1.165, 1.54) is 0 Å². The summed E-state index contributed by atoms with van der Waals surface area (Å²) in [5.41, 5.74) is 1.50. The lowest BCUT2D eigenvalue weighted by molar-refractivity contribution is -0.117. The molecular weight excluding hydrogens is 454 g/mol. The van der Waals surface area contributed by atoms with Crippen molar-refractivity contribution in [2.45, 2.75) is 19.3 Å². The summed E-state index contributed by atoms with van der Waals surface area (Å²) in [6.45, 7) is 2.07. The molecule has 1 aliphatic heterocycles. The van der Waals surface area contributed by atoms with Crippen molar-refractivity contribution in [2.24, 2.45) is 5.92 Å². The van der Waals surface area contributed by atoms with Crippen LogP contribution < -0.4 is 15.4 Å². The molecule has 8 heteroatoms. The minimum Gasteiger partial charge on any atom is -0.457 e. The highest BCUT2D eigenvalue weighted by atomic mass is 16.5. The normalized spacial score (nSPS) is 14.5. The number of benzene rings is 2. The largest absolute Gasteiger partial charge is 0.457 e. The highest BCUT2D eigenvalue weighted by Gasteiger charge is 2.20. The first-order valence-corrected chi connectivity index (χ1v) is 12.1. The van der Waals surface area contributed by atoms with Gasteiger partial charge in [-0.1, -0.05) is 18.2 Å². The Morgan fingerprint density at radius 1 is 0.972 bits per heavy atom. The monoisotopic (exact) mass is 483 g/mol. The molecule has 0 aliphatic carbocycles. The van der Waals surface area contributed by atoms with Gasteiger partial charge in [-0.3, -0.25) is 9.36 Å². The Hall–Kier alpha value is -4.17. The van der Waals surface area contributed by atoms with Gasteiger partial charge in [0.25, 0.3) is 0 Å². The number of carbonyl (C=O) groups is 2. The summed E-state index contributed by atoms with van der Waals surface area (Å²) in [6.07, 6.45) is 5.93. The Labute approximate surface area is 209 Å². The SMILES string of the molecule is CN1CCC(CC(=O)Nc2cc(Oc3ccc4c(ccn4C(=O)Nc4ccccc4)c3)ccn2)CC1. The molecule has 4 aromatic rings. The molecule has 5 rings (SSSR count). The smallest absolute Gasteiger partial charge is 0.330 e. The second-order valence-corrected chi connectivity index (χ2v) is 9.18. The number of anilines is 2. The van der Waals surface area contributed by atoms with E-state index in [0.717, 1.165) is 42.5 Å². The van der Waals surface area contributed by atoms with Gasteiger partial charge >= 0.3 is 6.03 Å². The van der Waals surface area contributed by atoms with Gasteiger partial charge in [-0.2, -0.15) is 0 Å². The van der Waals surface area contributed by atoms with Crippen LogP contribution in [-0.2, 0) is 4.79 Å². The summed E-state index contributed by atoms with van der Waals surface area (Å²) in [5.74, 6) is 2.05. The van der Waals surface area contributed by atoms with Gasteiger partial charge in [-0.15, -0.1) is 0 Å².